The van der Waals surface area contributed by atoms with Crippen LogP contribution in [-0.4, -0.2) is 59.6 Å². The fraction of sp³-hybridized carbons (Fsp3) is 0.222. The zero-order valence-corrected chi connectivity index (χ0v) is 19.9. The Balaban J connectivity index is 1.92. The number of nitrogens with zero attached hydrogens (tertiary/aromatic N) is 5. The molecule has 0 fully saturated rings. The highest BCUT2D eigenvalue weighted by atomic mass is 35.5. The number of hydrogen-bond acceptors (Lipinski definition) is 10. The lowest BCUT2D eigenvalue weighted by atomic mass is 10.2. The second-order valence-corrected chi connectivity index (χ2v) is 11.0. The summed E-state index contributed by atoms with van der Waals surface area (Å²) < 4.78 is 72.5. The molecule has 4 aromatic rings. The van der Waals surface area contributed by atoms with E-state index < -0.39 is 31.7 Å². The number of hydrogen-bond donors (Lipinski definition) is 0. The van der Waals surface area contributed by atoms with Crippen molar-refractivity contribution < 1.29 is 29.9 Å². The third kappa shape index (κ3) is 4.59. The normalized spacial score (nSPS) is 12.5. The molecule has 12 nitrogen and oxygen atoms in total. The fourth-order valence-corrected chi connectivity index (χ4v) is 4.76. The second kappa shape index (κ2) is 8.57. The van der Waals surface area contributed by atoms with Crippen molar-refractivity contribution in [2.45, 2.75) is 6.42 Å². The van der Waals surface area contributed by atoms with E-state index >= 15 is 0 Å². The molecule has 0 aliphatic rings. The Morgan fingerprint density at radius 2 is 1.91 bits per heavy atom. The molecule has 0 atom stereocenters. The maximum atomic E-state index is 13.6. The van der Waals surface area contributed by atoms with E-state index in [0.29, 0.717) is 0 Å². The molecule has 4 rings (SSSR count). The van der Waals surface area contributed by atoms with Gasteiger partial charge in [0, 0.05) is 12.6 Å². The van der Waals surface area contributed by atoms with Crippen molar-refractivity contribution >= 4 is 42.9 Å². The first-order valence-corrected chi connectivity index (χ1v) is 13.4. The largest absolute Gasteiger partial charge is 0.446 e. The first-order chi connectivity index (χ1) is 15.9. The zero-order valence-electron chi connectivity index (χ0n) is 17.5. The van der Waals surface area contributed by atoms with Crippen LogP contribution < -0.4 is 5.76 Å². The van der Waals surface area contributed by atoms with Crippen molar-refractivity contribution in [3.05, 3.63) is 57.7 Å². The van der Waals surface area contributed by atoms with Gasteiger partial charge >= 0.3 is 5.76 Å². The minimum atomic E-state index is -3.93. The number of halogens is 2. The number of rotatable bonds is 7. The summed E-state index contributed by atoms with van der Waals surface area (Å²) in [4.78, 5) is 20.8. The summed E-state index contributed by atoms with van der Waals surface area (Å²) in [6.45, 7) is -0.365. The maximum Gasteiger partial charge on any atom is 0.446 e. The topological polar surface area (TPSA) is 156 Å². The van der Waals surface area contributed by atoms with Crippen LogP contribution in [0.25, 0.3) is 28.2 Å². The molecule has 1 aromatic carbocycles. The summed E-state index contributed by atoms with van der Waals surface area (Å²) in [7, 11) is -7.70. The van der Waals surface area contributed by atoms with E-state index in [0.717, 1.165) is 27.1 Å². The first-order valence-electron chi connectivity index (χ1n) is 9.32. The number of pyridine rings is 1. The van der Waals surface area contributed by atoms with Gasteiger partial charge in [-0.2, -0.15) is 8.42 Å². The van der Waals surface area contributed by atoms with Crippen LogP contribution in [0, 0.1) is 5.82 Å². The minimum absolute atomic E-state index is 0.0394. The smallest absolute Gasteiger partial charge is 0.295 e. The van der Waals surface area contributed by atoms with Gasteiger partial charge in [0.2, 0.25) is 10.0 Å². The average molecular weight is 532 g/mol. The van der Waals surface area contributed by atoms with Crippen LogP contribution in [0.3, 0.4) is 0 Å². The van der Waals surface area contributed by atoms with Crippen LogP contribution in [-0.2, 0) is 30.7 Å². The van der Waals surface area contributed by atoms with Gasteiger partial charge in [-0.05, 0) is 24.3 Å². The van der Waals surface area contributed by atoms with Crippen molar-refractivity contribution in [1.29, 1.82) is 0 Å². The van der Waals surface area contributed by atoms with Crippen LogP contribution in [0.2, 0.25) is 5.02 Å². The predicted octanol–water partition coefficient (Wildman–Crippen LogP) is 1.36. The highest BCUT2D eigenvalue weighted by Gasteiger charge is 2.25. The summed E-state index contributed by atoms with van der Waals surface area (Å²) in [6.07, 6.45) is 2.88. The molecule has 0 saturated heterocycles. The van der Waals surface area contributed by atoms with E-state index in [2.05, 4.69) is 15.1 Å². The molecule has 0 bridgehead atoms. The highest BCUT2D eigenvalue weighted by molar-refractivity contribution is 7.89. The molecular formula is C18H15ClFN5O7S2. The molecule has 3 aromatic heterocycles. The van der Waals surface area contributed by atoms with Gasteiger partial charge in [-0.1, -0.05) is 16.8 Å². The van der Waals surface area contributed by atoms with Gasteiger partial charge in [-0.15, -0.1) is 0 Å². The number of imidazole rings is 1. The third-order valence-corrected chi connectivity index (χ3v) is 6.47. The lowest BCUT2D eigenvalue weighted by Crippen LogP contribution is -2.16. The van der Waals surface area contributed by atoms with E-state index in [-0.39, 0.29) is 52.1 Å². The molecule has 0 N–H and O–H groups in total. The van der Waals surface area contributed by atoms with Crippen molar-refractivity contribution in [2.24, 2.45) is 0 Å². The van der Waals surface area contributed by atoms with Crippen molar-refractivity contribution in [3.8, 4) is 17.1 Å². The van der Waals surface area contributed by atoms with E-state index in [9.17, 15) is 26.0 Å². The monoisotopic (exact) mass is 531 g/mol. The van der Waals surface area contributed by atoms with Gasteiger partial charge in [0.1, 0.15) is 17.2 Å². The Hall–Kier alpha value is -3.14. The van der Waals surface area contributed by atoms with Gasteiger partial charge in [0.05, 0.1) is 35.4 Å². The molecular weight excluding hydrogens is 517 g/mol. The zero-order chi connectivity index (χ0) is 24.8. The summed E-state index contributed by atoms with van der Waals surface area (Å²) in [6, 6.07) is 4.96. The minimum Gasteiger partial charge on any atom is -0.295 e. The van der Waals surface area contributed by atoms with Gasteiger partial charge in [-0.25, -0.2) is 36.1 Å². The standard InChI is InChI=1S/C18H15ClFN5O7S2/c1-33(27,28)25-14(6-8-31-34(2,29)30)22-15-11(5-7-21-17(15)25)16-23-32-18(26)24(16)10-3-4-13(20)12(19)9-10/h3-5,7,9H,6,8H2,1-2H3. The summed E-state index contributed by atoms with van der Waals surface area (Å²) in [5.74, 6) is -1.73. The van der Waals surface area contributed by atoms with Crippen LogP contribution >= 0.6 is 11.6 Å². The van der Waals surface area contributed by atoms with Crippen molar-refractivity contribution in [1.82, 2.24) is 23.7 Å². The highest BCUT2D eigenvalue weighted by Crippen LogP contribution is 2.29. The molecule has 0 amide bonds. The van der Waals surface area contributed by atoms with Crippen LogP contribution in [0.15, 0.2) is 39.8 Å². The van der Waals surface area contributed by atoms with Gasteiger partial charge in [-0.3, -0.25) is 8.71 Å². The van der Waals surface area contributed by atoms with Crippen LogP contribution in [0.1, 0.15) is 5.82 Å². The summed E-state index contributed by atoms with van der Waals surface area (Å²) in [5.41, 5.74) is 0.261. The molecule has 0 aliphatic carbocycles. The molecule has 0 radical (unpaired) electrons. The Kier molecular flexibility index (Phi) is 6.05. The SMILES string of the molecule is CS(=O)(=O)OCCc1nc2c(-c3noc(=O)n3-c3ccc(F)c(Cl)c3)ccnc2n1S(C)(=O)=O. The summed E-state index contributed by atoms with van der Waals surface area (Å²) in [5, 5.41) is 3.52. The second-order valence-electron chi connectivity index (χ2n) is 7.07. The lowest BCUT2D eigenvalue weighted by molar-refractivity contribution is 0.323. The lowest BCUT2D eigenvalue weighted by Gasteiger charge is -2.07. The number of benzene rings is 1. The average Bonchev–Trinajstić information content (AvgIpc) is 3.29. The van der Waals surface area contributed by atoms with E-state index in [1.54, 1.807) is 0 Å². The Morgan fingerprint density at radius 3 is 2.56 bits per heavy atom. The van der Waals surface area contributed by atoms with E-state index in [1.165, 1.54) is 24.4 Å². The Morgan fingerprint density at radius 1 is 1.18 bits per heavy atom. The quantitative estimate of drug-likeness (QED) is 0.319. The molecule has 180 valence electrons. The van der Waals surface area contributed by atoms with Crippen molar-refractivity contribution in [3.63, 3.8) is 0 Å². The molecule has 3 heterocycles. The molecule has 0 aliphatic heterocycles. The van der Waals surface area contributed by atoms with Gasteiger partial charge in [0.15, 0.2) is 11.5 Å². The predicted molar refractivity (Wildman–Crippen MR) is 118 cm³/mol. The van der Waals surface area contributed by atoms with Crippen LogP contribution in [0.5, 0.6) is 0 Å². The van der Waals surface area contributed by atoms with E-state index in [4.69, 9.17) is 20.3 Å². The molecule has 0 spiro atoms. The van der Waals surface area contributed by atoms with Gasteiger partial charge < -0.3 is 0 Å². The van der Waals surface area contributed by atoms with Crippen LogP contribution in [0.4, 0.5) is 4.39 Å². The number of aromatic nitrogens is 5. The maximum absolute atomic E-state index is 13.6. The third-order valence-electron chi connectivity index (χ3n) is 4.53. The van der Waals surface area contributed by atoms with Crippen molar-refractivity contribution in [2.75, 3.05) is 19.1 Å². The first kappa shape index (κ1) is 24.0. The molecule has 0 saturated carbocycles. The molecule has 16 heteroatoms. The number of fused-ring (bicyclic) bond motifs is 1. The summed E-state index contributed by atoms with van der Waals surface area (Å²) >= 11 is 5.84. The Bertz CT molecular complexity index is 1690. The van der Waals surface area contributed by atoms with Gasteiger partial charge in [0.25, 0.3) is 10.1 Å². The molecule has 34 heavy (non-hydrogen) atoms. The molecule has 0 unspecified atom stereocenters. The van der Waals surface area contributed by atoms with E-state index in [1.807, 2.05) is 0 Å². The fourth-order valence-electron chi connectivity index (χ4n) is 3.24. The Labute approximate surface area is 196 Å².